The molecule has 0 bridgehead atoms. The molecule has 2 aliphatic heterocycles. The van der Waals surface area contributed by atoms with Gasteiger partial charge in [0.1, 0.15) is 0 Å². The van der Waals surface area contributed by atoms with Crippen molar-refractivity contribution in [1.82, 2.24) is 10.2 Å². The Kier molecular flexibility index (Phi) is 3.99. The minimum absolute atomic E-state index is 0.602. The van der Waals surface area contributed by atoms with Gasteiger partial charge in [0.05, 0.1) is 13.2 Å². The van der Waals surface area contributed by atoms with Crippen LogP contribution in [0.25, 0.3) is 0 Å². The van der Waals surface area contributed by atoms with Crippen molar-refractivity contribution in [1.29, 1.82) is 0 Å². The molecule has 0 radical (unpaired) electrons. The minimum Gasteiger partial charge on any atom is -0.379 e. The van der Waals surface area contributed by atoms with Gasteiger partial charge in [0.2, 0.25) is 0 Å². The lowest BCUT2D eigenvalue weighted by Gasteiger charge is -2.38. The third-order valence-corrected chi connectivity index (χ3v) is 4.87. The first kappa shape index (κ1) is 11.9. The lowest BCUT2D eigenvalue weighted by atomic mass is 9.91. The molecule has 3 nitrogen and oxygen atoms in total. The van der Waals surface area contributed by atoms with Crippen molar-refractivity contribution in [3.8, 4) is 0 Å². The largest absolute Gasteiger partial charge is 0.379 e. The summed E-state index contributed by atoms with van der Waals surface area (Å²) in [6, 6.07) is 1.53. The molecule has 3 heteroatoms. The van der Waals surface area contributed by atoms with E-state index in [9.17, 15) is 0 Å². The summed E-state index contributed by atoms with van der Waals surface area (Å²) >= 11 is 0. The van der Waals surface area contributed by atoms with Gasteiger partial charge in [-0.1, -0.05) is 6.42 Å². The van der Waals surface area contributed by atoms with Gasteiger partial charge in [0, 0.05) is 25.2 Å². The molecule has 1 aliphatic carbocycles. The Morgan fingerprint density at radius 1 is 1.18 bits per heavy atom. The van der Waals surface area contributed by atoms with E-state index in [1.165, 1.54) is 51.6 Å². The molecule has 0 amide bonds. The summed E-state index contributed by atoms with van der Waals surface area (Å²) in [7, 11) is 0. The molecule has 0 spiro atoms. The number of hydrogen-bond donors (Lipinski definition) is 1. The number of nitrogens with one attached hydrogen (secondary N) is 1. The van der Waals surface area contributed by atoms with Crippen LogP contribution in [0.1, 0.15) is 38.5 Å². The second kappa shape index (κ2) is 5.68. The van der Waals surface area contributed by atoms with E-state index < -0.39 is 0 Å². The molecule has 2 saturated heterocycles. The molecule has 2 heterocycles. The monoisotopic (exact) mass is 238 g/mol. The fourth-order valence-corrected chi connectivity index (χ4v) is 3.96. The van der Waals surface area contributed by atoms with E-state index in [1.54, 1.807) is 0 Å². The summed E-state index contributed by atoms with van der Waals surface area (Å²) in [6.07, 6.45) is 8.60. The maximum absolute atomic E-state index is 5.53. The zero-order valence-electron chi connectivity index (χ0n) is 10.9. The number of rotatable bonds is 3. The maximum Gasteiger partial charge on any atom is 0.0620 e. The number of ether oxygens (including phenoxy) is 1. The van der Waals surface area contributed by atoms with Crippen molar-refractivity contribution in [3.05, 3.63) is 0 Å². The van der Waals surface area contributed by atoms with Gasteiger partial charge < -0.3 is 15.0 Å². The molecule has 17 heavy (non-hydrogen) atoms. The summed E-state index contributed by atoms with van der Waals surface area (Å²) in [4.78, 5) is 2.78. The predicted molar refractivity (Wildman–Crippen MR) is 69.2 cm³/mol. The smallest absolute Gasteiger partial charge is 0.0620 e. The average molecular weight is 238 g/mol. The number of morpholine rings is 1. The first-order valence-electron chi connectivity index (χ1n) is 7.48. The molecule has 3 unspecified atom stereocenters. The number of likely N-dealkylation sites (tertiary alicyclic amines) is 1. The first-order valence-corrected chi connectivity index (χ1v) is 7.48. The highest BCUT2D eigenvalue weighted by molar-refractivity contribution is 4.89. The second-order valence-electron chi connectivity index (χ2n) is 5.95. The van der Waals surface area contributed by atoms with Crippen LogP contribution in [0.3, 0.4) is 0 Å². The van der Waals surface area contributed by atoms with Crippen molar-refractivity contribution in [3.63, 3.8) is 0 Å². The van der Waals surface area contributed by atoms with Crippen LogP contribution in [0.15, 0.2) is 0 Å². The van der Waals surface area contributed by atoms with Gasteiger partial charge in [0.15, 0.2) is 0 Å². The molecule has 98 valence electrons. The van der Waals surface area contributed by atoms with Gasteiger partial charge in [-0.05, 0) is 44.6 Å². The third kappa shape index (κ3) is 2.83. The molecule has 0 aromatic carbocycles. The van der Waals surface area contributed by atoms with Crippen LogP contribution in [0.2, 0.25) is 0 Å². The number of fused-ring (bicyclic) bond motifs is 1. The number of nitrogens with zero attached hydrogens (tertiary/aromatic N) is 1. The SMILES string of the molecule is C1CC2CCCN(CCC3COCCN3)C2C1. The lowest BCUT2D eigenvalue weighted by molar-refractivity contribution is 0.0591. The Balaban J connectivity index is 1.47. The van der Waals surface area contributed by atoms with Crippen LogP contribution in [-0.4, -0.2) is 49.8 Å². The number of hydrogen-bond acceptors (Lipinski definition) is 3. The molecule has 3 atom stereocenters. The van der Waals surface area contributed by atoms with E-state index in [0.717, 1.165) is 31.7 Å². The minimum atomic E-state index is 0.602. The van der Waals surface area contributed by atoms with Gasteiger partial charge in [-0.3, -0.25) is 0 Å². The molecule has 0 aromatic heterocycles. The standard InChI is InChI=1S/C14H26N2O/c1-3-12-4-2-8-16(14(12)5-1)9-6-13-11-17-10-7-15-13/h12-15H,1-11H2. The summed E-state index contributed by atoms with van der Waals surface area (Å²) in [5.41, 5.74) is 0. The molecule has 3 aliphatic rings. The Labute approximate surface area is 105 Å². The van der Waals surface area contributed by atoms with Crippen LogP contribution in [0.5, 0.6) is 0 Å². The van der Waals surface area contributed by atoms with E-state index in [1.807, 2.05) is 0 Å². The fraction of sp³-hybridized carbons (Fsp3) is 1.00. The first-order chi connectivity index (χ1) is 8.43. The highest BCUT2D eigenvalue weighted by atomic mass is 16.5. The van der Waals surface area contributed by atoms with Gasteiger partial charge in [0.25, 0.3) is 0 Å². The van der Waals surface area contributed by atoms with E-state index in [0.29, 0.717) is 6.04 Å². The topological polar surface area (TPSA) is 24.5 Å². The zero-order chi connectivity index (χ0) is 11.5. The third-order valence-electron chi connectivity index (χ3n) is 4.87. The van der Waals surface area contributed by atoms with Crippen LogP contribution in [0.4, 0.5) is 0 Å². The Hall–Kier alpha value is -0.120. The number of piperidine rings is 1. The van der Waals surface area contributed by atoms with E-state index in [4.69, 9.17) is 4.74 Å². The average Bonchev–Trinajstić information content (AvgIpc) is 2.86. The Bertz CT molecular complexity index is 240. The van der Waals surface area contributed by atoms with Gasteiger partial charge in [-0.25, -0.2) is 0 Å². The van der Waals surface area contributed by atoms with Crippen molar-refractivity contribution in [2.45, 2.75) is 50.6 Å². The van der Waals surface area contributed by atoms with Crippen LogP contribution in [-0.2, 0) is 4.74 Å². The molecule has 3 rings (SSSR count). The van der Waals surface area contributed by atoms with E-state index in [2.05, 4.69) is 10.2 Å². The van der Waals surface area contributed by atoms with Crippen LogP contribution >= 0.6 is 0 Å². The van der Waals surface area contributed by atoms with Crippen LogP contribution < -0.4 is 5.32 Å². The quantitative estimate of drug-likeness (QED) is 0.809. The molecular weight excluding hydrogens is 212 g/mol. The highest BCUT2D eigenvalue weighted by Crippen LogP contribution is 2.36. The molecule has 1 N–H and O–H groups in total. The lowest BCUT2D eigenvalue weighted by Crippen LogP contribution is -2.47. The molecule has 0 aromatic rings. The Morgan fingerprint density at radius 2 is 2.12 bits per heavy atom. The van der Waals surface area contributed by atoms with E-state index in [-0.39, 0.29) is 0 Å². The Morgan fingerprint density at radius 3 is 3.00 bits per heavy atom. The van der Waals surface area contributed by atoms with Crippen molar-refractivity contribution in [2.75, 3.05) is 32.8 Å². The summed E-state index contributed by atoms with van der Waals surface area (Å²) in [6.45, 7) is 5.47. The summed E-state index contributed by atoms with van der Waals surface area (Å²) < 4.78 is 5.53. The maximum atomic E-state index is 5.53. The van der Waals surface area contributed by atoms with E-state index >= 15 is 0 Å². The fourth-order valence-electron chi connectivity index (χ4n) is 3.96. The highest BCUT2D eigenvalue weighted by Gasteiger charge is 2.34. The van der Waals surface area contributed by atoms with Crippen molar-refractivity contribution < 1.29 is 4.74 Å². The second-order valence-corrected chi connectivity index (χ2v) is 5.95. The zero-order valence-corrected chi connectivity index (χ0v) is 10.9. The van der Waals surface area contributed by atoms with Gasteiger partial charge >= 0.3 is 0 Å². The molecule has 3 fully saturated rings. The summed E-state index contributed by atoms with van der Waals surface area (Å²) in [5.74, 6) is 1.03. The van der Waals surface area contributed by atoms with Gasteiger partial charge in [-0.15, -0.1) is 0 Å². The van der Waals surface area contributed by atoms with Crippen molar-refractivity contribution >= 4 is 0 Å². The molecular formula is C14H26N2O. The summed E-state index contributed by atoms with van der Waals surface area (Å²) in [5, 5.41) is 3.57. The van der Waals surface area contributed by atoms with Gasteiger partial charge in [-0.2, -0.15) is 0 Å². The predicted octanol–water partition coefficient (Wildman–Crippen LogP) is 1.63. The molecule has 1 saturated carbocycles. The van der Waals surface area contributed by atoms with Crippen molar-refractivity contribution in [2.24, 2.45) is 5.92 Å². The normalized spacial score (nSPS) is 39.2. The van der Waals surface area contributed by atoms with Crippen LogP contribution in [0, 0.1) is 5.92 Å².